The van der Waals surface area contributed by atoms with Gasteiger partial charge in [-0.2, -0.15) is 4.98 Å². The molecule has 0 radical (unpaired) electrons. The lowest BCUT2D eigenvalue weighted by Crippen LogP contribution is -2.13. The largest absolute Gasteiger partial charge is 0.289 e. The SMILES string of the molecule is O=C(Nc1n[nH]c(-c2ccccn2)n1)c1ccccc1Cl. The Morgan fingerprint density at radius 2 is 1.95 bits per heavy atom. The van der Waals surface area contributed by atoms with Gasteiger partial charge in [-0.05, 0) is 24.3 Å². The standard InChI is InChI=1S/C14H10ClN5O/c15-10-6-2-1-5-9(10)13(21)18-14-17-12(19-20-14)11-7-3-4-8-16-11/h1-8H,(H2,17,18,19,20,21). The van der Waals surface area contributed by atoms with E-state index in [0.717, 1.165) is 0 Å². The zero-order valence-corrected chi connectivity index (χ0v) is 11.5. The number of aromatic amines is 1. The number of benzene rings is 1. The minimum absolute atomic E-state index is 0.167. The molecule has 2 heterocycles. The van der Waals surface area contributed by atoms with Crippen molar-refractivity contribution in [2.75, 3.05) is 5.32 Å². The van der Waals surface area contributed by atoms with Gasteiger partial charge in [-0.3, -0.25) is 20.2 Å². The maximum absolute atomic E-state index is 12.1. The molecule has 1 amide bonds. The molecule has 0 unspecified atom stereocenters. The molecule has 2 N–H and O–H groups in total. The van der Waals surface area contributed by atoms with Gasteiger partial charge >= 0.3 is 0 Å². The molecular weight excluding hydrogens is 290 g/mol. The lowest BCUT2D eigenvalue weighted by molar-refractivity contribution is 0.102. The summed E-state index contributed by atoms with van der Waals surface area (Å²) in [6.07, 6.45) is 1.65. The van der Waals surface area contributed by atoms with Crippen LogP contribution in [-0.4, -0.2) is 26.1 Å². The van der Waals surface area contributed by atoms with Gasteiger partial charge in [0.25, 0.3) is 5.91 Å². The van der Waals surface area contributed by atoms with Crippen molar-refractivity contribution in [2.45, 2.75) is 0 Å². The molecule has 0 aliphatic carbocycles. The van der Waals surface area contributed by atoms with Crippen molar-refractivity contribution in [3.8, 4) is 11.5 Å². The highest BCUT2D eigenvalue weighted by Gasteiger charge is 2.13. The Bertz CT molecular complexity index is 772. The summed E-state index contributed by atoms with van der Waals surface area (Å²) in [5.41, 5.74) is 1.01. The lowest BCUT2D eigenvalue weighted by atomic mass is 10.2. The zero-order chi connectivity index (χ0) is 14.7. The van der Waals surface area contributed by atoms with Gasteiger partial charge in [-0.1, -0.05) is 29.8 Å². The Morgan fingerprint density at radius 3 is 2.71 bits per heavy atom. The zero-order valence-electron chi connectivity index (χ0n) is 10.7. The topological polar surface area (TPSA) is 83.6 Å². The summed E-state index contributed by atoms with van der Waals surface area (Å²) < 4.78 is 0. The summed E-state index contributed by atoms with van der Waals surface area (Å²) >= 11 is 5.97. The molecule has 3 rings (SSSR count). The third-order valence-corrected chi connectivity index (χ3v) is 3.07. The first-order valence-corrected chi connectivity index (χ1v) is 6.51. The smallest absolute Gasteiger partial charge is 0.259 e. The number of rotatable bonds is 3. The minimum atomic E-state index is -0.368. The number of hydrogen-bond donors (Lipinski definition) is 2. The van der Waals surface area contributed by atoms with Gasteiger partial charge in [0.2, 0.25) is 5.95 Å². The fraction of sp³-hybridized carbons (Fsp3) is 0. The van der Waals surface area contributed by atoms with E-state index in [1.165, 1.54) is 0 Å². The summed E-state index contributed by atoms with van der Waals surface area (Å²) in [7, 11) is 0. The normalized spacial score (nSPS) is 10.3. The first-order valence-electron chi connectivity index (χ1n) is 6.14. The number of aromatic nitrogens is 4. The van der Waals surface area contributed by atoms with Crippen LogP contribution in [0.3, 0.4) is 0 Å². The van der Waals surface area contributed by atoms with Crippen LogP contribution in [-0.2, 0) is 0 Å². The van der Waals surface area contributed by atoms with Crippen LogP contribution in [0.15, 0.2) is 48.7 Å². The average Bonchev–Trinajstić information content (AvgIpc) is 2.97. The molecule has 0 aliphatic heterocycles. The Labute approximate surface area is 125 Å². The van der Waals surface area contributed by atoms with Crippen molar-refractivity contribution in [2.24, 2.45) is 0 Å². The first kappa shape index (κ1) is 13.3. The summed E-state index contributed by atoms with van der Waals surface area (Å²) in [5, 5.41) is 9.61. The third kappa shape index (κ3) is 2.90. The molecule has 1 aromatic carbocycles. The number of halogens is 1. The Kier molecular flexibility index (Phi) is 3.61. The number of anilines is 1. The second kappa shape index (κ2) is 5.72. The number of H-pyrrole nitrogens is 1. The van der Waals surface area contributed by atoms with E-state index < -0.39 is 0 Å². The van der Waals surface area contributed by atoms with Crippen LogP contribution in [0.2, 0.25) is 5.02 Å². The van der Waals surface area contributed by atoms with Gasteiger partial charge < -0.3 is 0 Å². The number of nitrogens with one attached hydrogen (secondary N) is 2. The van der Waals surface area contributed by atoms with Crippen LogP contribution in [0.5, 0.6) is 0 Å². The van der Waals surface area contributed by atoms with Crippen molar-refractivity contribution in [3.05, 3.63) is 59.2 Å². The highest BCUT2D eigenvalue weighted by Crippen LogP contribution is 2.17. The number of pyridine rings is 1. The van der Waals surface area contributed by atoms with E-state index in [4.69, 9.17) is 11.6 Å². The van der Waals surface area contributed by atoms with Crippen LogP contribution in [0.4, 0.5) is 5.95 Å². The fourth-order valence-corrected chi connectivity index (χ4v) is 1.97. The van der Waals surface area contributed by atoms with E-state index in [-0.39, 0.29) is 11.9 Å². The van der Waals surface area contributed by atoms with Crippen molar-refractivity contribution in [3.63, 3.8) is 0 Å². The Morgan fingerprint density at radius 1 is 1.14 bits per heavy atom. The predicted octanol–water partition coefficient (Wildman–Crippen LogP) is 2.77. The number of nitrogens with zero attached hydrogens (tertiary/aromatic N) is 3. The molecule has 7 heteroatoms. The molecule has 0 fully saturated rings. The van der Waals surface area contributed by atoms with Crippen molar-refractivity contribution in [1.29, 1.82) is 0 Å². The quantitative estimate of drug-likeness (QED) is 0.779. The second-order valence-corrected chi connectivity index (χ2v) is 4.56. The highest BCUT2D eigenvalue weighted by atomic mass is 35.5. The highest BCUT2D eigenvalue weighted by molar-refractivity contribution is 6.34. The number of carbonyl (C=O) groups excluding carboxylic acids is 1. The van der Waals surface area contributed by atoms with E-state index in [9.17, 15) is 4.79 Å². The molecule has 0 bridgehead atoms. The first-order chi connectivity index (χ1) is 10.2. The van der Waals surface area contributed by atoms with Crippen molar-refractivity contribution in [1.82, 2.24) is 20.2 Å². The summed E-state index contributed by atoms with van der Waals surface area (Å²) in [4.78, 5) is 20.4. The number of amides is 1. The molecule has 0 aliphatic rings. The van der Waals surface area contributed by atoms with Crippen molar-refractivity contribution < 1.29 is 4.79 Å². The molecule has 21 heavy (non-hydrogen) atoms. The molecule has 2 aromatic heterocycles. The van der Waals surface area contributed by atoms with Crippen LogP contribution in [0.1, 0.15) is 10.4 Å². The molecule has 0 saturated carbocycles. The monoisotopic (exact) mass is 299 g/mol. The second-order valence-electron chi connectivity index (χ2n) is 4.16. The van der Waals surface area contributed by atoms with E-state index in [1.807, 2.05) is 6.07 Å². The molecule has 104 valence electrons. The van der Waals surface area contributed by atoms with Crippen molar-refractivity contribution >= 4 is 23.5 Å². The van der Waals surface area contributed by atoms with Crippen LogP contribution in [0, 0.1) is 0 Å². The Balaban J connectivity index is 1.79. The Hall–Kier alpha value is -2.73. The van der Waals surface area contributed by atoms with E-state index in [1.54, 1.807) is 42.6 Å². The van der Waals surface area contributed by atoms with Crippen LogP contribution < -0.4 is 5.32 Å². The third-order valence-electron chi connectivity index (χ3n) is 2.74. The van der Waals surface area contributed by atoms with E-state index >= 15 is 0 Å². The van der Waals surface area contributed by atoms with Crippen LogP contribution >= 0.6 is 11.6 Å². The van der Waals surface area contributed by atoms with Gasteiger partial charge in [-0.15, -0.1) is 5.10 Å². The summed E-state index contributed by atoms with van der Waals surface area (Å²) in [5.74, 6) is 0.276. The molecule has 3 aromatic rings. The lowest BCUT2D eigenvalue weighted by Gasteiger charge is -2.02. The average molecular weight is 300 g/mol. The number of hydrogen-bond acceptors (Lipinski definition) is 4. The minimum Gasteiger partial charge on any atom is -0.289 e. The molecule has 0 saturated heterocycles. The maximum atomic E-state index is 12.1. The van der Waals surface area contributed by atoms with Gasteiger partial charge in [0, 0.05) is 6.20 Å². The van der Waals surface area contributed by atoms with Crippen LogP contribution in [0.25, 0.3) is 11.5 Å². The summed E-state index contributed by atoms with van der Waals surface area (Å²) in [6, 6.07) is 12.2. The number of carbonyl (C=O) groups is 1. The van der Waals surface area contributed by atoms with Gasteiger partial charge in [0.05, 0.1) is 10.6 Å². The van der Waals surface area contributed by atoms with E-state index in [0.29, 0.717) is 22.1 Å². The summed E-state index contributed by atoms with van der Waals surface area (Å²) in [6.45, 7) is 0. The molecular formula is C14H10ClN5O. The van der Waals surface area contributed by atoms with Gasteiger partial charge in [-0.25, -0.2) is 0 Å². The predicted molar refractivity (Wildman–Crippen MR) is 79.0 cm³/mol. The maximum Gasteiger partial charge on any atom is 0.259 e. The molecule has 0 spiro atoms. The molecule has 6 nitrogen and oxygen atoms in total. The molecule has 0 atom stereocenters. The van der Waals surface area contributed by atoms with Gasteiger partial charge in [0.1, 0.15) is 5.69 Å². The fourth-order valence-electron chi connectivity index (χ4n) is 1.75. The van der Waals surface area contributed by atoms with E-state index in [2.05, 4.69) is 25.5 Å². The van der Waals surface area contributed by atoms with Gasteiger partial charge in [0.15, 0.2) is 5.82 Å².